The topological polar surface area (TPSA) is 15.3 Å². The summed E-state index contributed by atoms with van der Waals surface area (Å²) < 4.78 is 26.9. The van der Waals surface area contributed by atoms with E-state index in [4.69, 9.17) is 0 Å². The third-order valence-electron chi connectivity index (χ3n) is 3.51. The van der Waals surface area contributed by atoms with E-state index in [1.165, 1.54) is 18.2 Å². The quantitative estimate of drug-likeness (QED) is 0.876. The molecule has 0 fully saturated rings. The maximum atomic E-state index is 14.1. The van der Waals surface area contributed by atoms with Gasteiger partial charge in [-0.1, -0.05) is 12.1 Å². The molecule has 112 valence electrons. The van der Waals surface area contributed by atoms with Crippen LogP contribution in [0.3, 0.4) is 0 Å². The van der Waals surface area contributed by atoms with Gasteiger partial charge < -0.3 is 10.2 Å². The molecular weight excluding hydrogens is 270 g/mol. The summed E-state index contributed by atoms with van der Waals surface area (Å²) in [7, 11) is 1.87. The Morgan fingerprint density at radius 2 is 1.71 bits per heavy atom. The zero-order chi connectivity index (χ0) is 15.4. The molecule has 2 aromatic rings. The zero-order valence-corrected chi connectivity index (χ0v) is 12.5. The fourth-order valence-corrected chi connectivity index (χ4v) is 1.99. The molecule has 0 aliphatic rings. The Bertz CT molecular complexity index is 594. The van der Waals surface area contributed by atoms with Crippen LogP contribution in [-0.4, -0.2) is 13.1 Å². The third kappa shape index (κ3) is 3.94. The van der Waals surface area contributed by atoms with Crippen molar-refractivity contribution in [2.75, 3.05) is 17.3 Å². The Balaban J connectivity index is 2.05. The predicted octanol–water partition coefficient (Wildman–Crippen LogP) is 4.42. The maximum absolute atomic E-state index is 14.1. The number of hydrogen-bond donors (Lipinski definition) is 1. The van der Waals surface area contributed by atoms with Gasteiger partial charge in [-0.3, -0.25) is 0 Å². The summed E-state index contributed by atoms with van der Waals surface area (Å²) in [6.07, 6.45) is 0. The number of rotatable bonds is 5. The molecule has 0 unspecified atom stereocenters. The molecule has 0 heterocycles. The summed E-state index contributed by atoms with van der Waals surface area (Å²) in [4.78, 5) is 1.89. The van der Waals surface area contributed by atoms with Gasteiger partial charge in [0.25, 0.3) is 0 Å². The number of halogens is 2. The first-order valence-corrected chi connectivity index (χ1v) is 6.98. The highest BCUT2D eigenvalue weighted by Gasteiger charge is 2.10. The number of nitrogens with zero attached hydrogens (tertiary/aromatic N) is 1. The molecule has 0 amide bonds. The Morgan fingerprint density at radius 1 is 1.05 bits per heavy atom. The highest BCUT2D eigenvalue weighted by atomic mass is 19.1. The van der Waals surface area contributed by atoms with Crippen LogP contribution >= 0.6 is 0 Å². The molecule has 0 saturated heterocycles. The van der Waals surface area contributed by atoms with E-state index in [1.54, 1.807) is 18.2 Å². The van der Waals surface area contributed by atoms with Crippen molar-refractivity contribution in [1.82, 2.24) is 0 Å². The highest BCUT2D eigenvalue weighted by Crippen LogP contribution is 2.23. The van der Waals surface area contributed by atoms with Gasteiger partial charge in [0.2, 0.25) is 0 Å². The number of nitrogens with one attached hydrogen (secondary N) is 1. The highest BCUT2D eigenvalue weighted by molar-refractivity contribution is 5.56. The average molecular weight is 290 g/mol. The minimum atomic E-state index is -0.258. The summed E-state index contributed by atoms with van der Waals surface area (Å²) in [5.74, 6) is -0.513. The van der Waals surface area contributed by atoms with Gasteiger partial charge in [-0.25, -0.2) is 8.78 Å². The molecule has 2 rings (SSSR count). The van der Waals surface area contributed by atoms with Crippen molar-refractivity contribution in [1.29, 1.82) is 0 Å². The molecule has 0 aliphatic carbocycles. The monoisotopic (exact) mass is 290 g/mol. The van der Waals surface area contributed by atoms with Crippen molar-refractivity contribution in [3.8, 4) is 0 Å². The number of anilines is 2. The molecule has 0 radical (unpaired) electrons. The van der Waals surface area contributed by atoms with Crippen molar-refractivity contribution in [3.63, 3.8) is 0 Å². The van der Waals surface area contributed by atoms with Crippen molar-refractivity contribution in [2.45, 2.75) is 26.4 Å². The largest absolute Gasteiger partial charge is 0.381 e. The summed E-state index contributed by atoms with van der Waals surface area (Å²) in [5, 5.41) is 3.14. The molecule has 0 aromatic heterocycles. The van der Waals surface area contributed by atoms with Crippen LogP contribution in [0.25, 0.3) is 0 Å². The standard InChI is InChI=1S/C17H20F2N2/c1-12(2)21(3)17-9-8-15(10-16(17)19)20-11-13-4-6-14(18)7-5-13/h4-10,12,20H,11H2,1-3H3. The van der Waals surface area contributed by atoms with E-state index in [9.17, 15) is 8.78 Å². The van der Waals surface area contributed by atoms with Crippen LogP contribution in [0, 0.1) is 11.6 Å². The van der Waals surface area contributed by atoms with Gasteiger partial charge >= 0.3 is 0 Å². The lowest BCUT2D eigenvalue weighted by Gasteiger charge is -2.24. The Morgan fingerprint density at radius 3 is 2.29 bits per heavy atom. The fourth-order valence-electron chi connectivity index (χ4n) is 1.99. The normalized spacial score (nSPS) is 10.8. The van der Waals surface area contributed by atoms with E-state index in [-0.39, 0.29) is 17.7 Å². The molecule has 0 spiro atoms. The van der Waals surface area contributed by atoms with E-state index in [2.05, 4.69) is 5.32 Å². The van der Waals surface area contributed by atoms with Gasteiger partial charge in [0, 0.05) is 25.3 Å². The van der Waals surface area contributed by atoms with Crippen LogP contribution in [0.5, 0.6) is 0 Å². The van der Waals surface area contributed by atoms with E-state index >= 15 is 0 Å². The van der Waals surface area contributed by atoms with Crippen LogP contribution in [0.15, 0.2) is 42.5 Å². The van der Waals surface area contributed by atoms with Gasteiger partial charge in [-0.05, 0) is 49.7 Å². The van der Waals surface area contributed by atoms with Gasteiger partial charge in [0.15, 0.2) is 0 Å². The van der Waals surface area contributed by atoms with Gasteiger partial charge in [-0.15, -0.1) is 0 Å². The van der Waals surface area contributed by atoms with E-state index in [1.807, 2.05) is 31.9 Å². The molecule has 1 N–H and O–H groups in total. The van der Waals surface area contributed by atoms with Gasteiger partial charge in [0.05, 0.1) is 5.69 Å². The van der Waals surface area contributed by atoms with Crippen LogP contribution in [0.4, 0.5) is 20.2 Å². The second-order valence-electron chi connectivity index (χ2n) is 5.35. The second kappa shape index (κ2) is 6.57. The second-order valence-corrected chi connectivity index (χ2v) is 5.35. The van der Waals surface area contributed by atoms with Crippen molar-refractivity contribution in [2.24, 2.45) is 0 Å². The van der Waals surface area contributed by atoms with Crippen molar-refractivity contribution < 1.29 is 8.78 Å². The third-order valence-corrected chi connectivity index (χ3v) is 3.51. The van der Waals surface area contributed by atoms with Crippen LogP contribution < -0.4 is 10.2 Å². The lowest BCUT2D eigenvalue weighted by molar-refractivity contribution is 0.614. The van der Waals surface area contributed by atoms with Crippen LogP contribution in [0.2, 0.25) is 0 Å². The maximum Gasteiger partial charge on any atom is 0.148 e. The predicted molar refractivity (Wildman–Crippen MR) is 83.7 cm³/mol. The Labute approximate surface area is 124 Å². The molecule has 21 heavy (non-hydrogen) atoms. The summed E-state index contributed by atoms with van der Waals surface area (Å²) >= 11 is 0. The summed E-state index contributed by atoms with van der Waals surface area (Å²) in [6.45, 7) is 4.55. The average Bonchev–Trinajstić information content (AvgIpc) is 2.46. The summed E-state index contributed by atoms with van der Waals surface area (Å²) in [6, 6.07) is 11.6. The minimum absolute atomic E-state index is 0.234. The molecule has 0 saturated carbocycles. The first-order valence-electron chi connectivity index (χ1n) is 6.98. The van der Waals surface area contributed by atoms with E-state index in [0.29, 0.717) is 17.9 Å². The van der Waals surface area contributed by atoms with Crippen molar-refractivity contribution in [3.05, 3.63) is 59.7 Å². The fraction of sp³-hybridized carbons (Fsp3) is 0.294. The van der Waals surface area contributed by atoms with E-state index in [0.717, 1.165) is 5.56 Å². The summed E-state index contributed by atoms with van der Waals surface area (Å²) in [5.41, 5.74) is 2.23. The van der Waals surface area contributed by atoms with Gasteiger partial charge in [0.1, 0.15) is 11.6 Å². The number of benzene rings is 2. The smallest absolute Gasteiger partial charge is 0.148 e. The van der Waals surface area contributed by atoms with Crippen LogP contribution in [0.1, 0.15) is 19.4 Å². The first-order chi connectivity index (χ1) is 9.97. The molecule has 0 bridgehead atoms. The minimum Gasteiger partial charge on any atom is -0.381 e. The molecule has 0 aliphatic heterocycles. The lowest BCUT2D eigenvalue weighted by atomic mass is 10.2. The number of hydrogen-bond acceptors (Lipinski definition) is 2. The van der Waals surface area contributed by atoms with Crippen molar-refractivity contribution >= 4 is 11.4 Å². The Kier molecular flexibility index (Phi) is 4.78. The molecular formula is C17H20F2N2. The SMILES string of the molecule is CC(C)N(C)c1ccc(NCc2ccc(F)cc2)cc1F. The zero-order valence-electron chi connectivity index (χ0n) is 12.5. The van der Waals surface area contributed by atoms with Crippen LogP contribution in [-0.2, 0) is 6.54 Å². The molecule has 0 atom stereocenters. The first kappa shape index (κ1) is 15.3. The molecule has 4 heteroatoms. The van der Waals surface area contributed by atoms with E-state index < -0.39 is 0 Å². The Hall–Kier alpha value is -2.10. The van der Waals surface area contributed by atoms with Gasteiger partial charge in [-0.2, -0.15) is 0 Å². The molecule has 2 nitrogen and oxygen atoms in total. The molecule has 2 aromatic carbocycles. The lowest BCUT2D eigenvalue weighted by Crippen LogP contribution is -2.26.